The van der Waals surface area contributed by atoms with Crippen molar-refractivity contribution in [2.45, 2.75) is 33.2 Å². The van der Waals surface area contributed by atoms with E-state index in [2.05, 4.69) is 26.9 Å². The van der Waals surface area contributed by atoms with Crippen LogP contribution in [0.1, 0.15) is 46.3 Å². The molecule has 14 heteroatoms. The third-order valence-electron chi connectivity index (χ3n) is 6.54. The summed E-state index contributed by atoms with van der Waals surface area (Å²) in [5, 5.41) is 17.8. The highest BCUT2D eigenvalue weighted by Gasteiger charge is 2.17. The van der Waals surface area contributed by atoms with Gasteiger partial charge in [0.25, 0.3) is 11.5 Å². The zero-order valence-corrected chi connectivity index (χ0v) is 24.4. The molecule has 224 valence electrons. The summed E-state index contributed by atoms with van der Waals surface area (Å²) in [6, 6.07) is 17.0. The summed E-state index contributed by atoms with van der Waals surface area (Å²) in [5.41, 5.74) is 15.3. The van der Waals surface area contributed by atoms with Gasteiger partial charge < -0.3 is 16.4 Å². The highest BCUT2D eigenvalue weighted by atomic mass is 16.5. The van der Waals surface area contributed by atoms with Crippen LogP contribution in [0.25, 0.3) is 16.6 Å². The first-order valence-electron chi connectivity index (χ1n) is 13.5. The fourth-order valence-electron chi connectivity index (χ4n) is 4.49. The number of nitriles is 1. The quantitative estimate of drug-likeness (QED) is 0.158. The molecule has 3 heterocycles. The Hall–Kier alpha value is -5.94. The lowest BCUT2D eigenvalue weighted by Gasteiger charge is -2.19. The Bertz CT molecular complexity index is 1860. The normalized spacial score (nSPS) is 10.4. The predicted molar refractivity (Wildman–Crippen MR) is 165 cm³/mol. The Balaban J connectivity index is 0.000000339. The molecular weight excluding hydrogens is 562 g/mol. The number of nitrogens with zero attached hydrogens (tertiary/aromatic N) is 8. The van der Waals surface area contributed by atoms with E-state index in [1.54, 1.807) is 28.9 Å². The lowest BCUT2D eigenvalue weighted by Crippen LogP contribution is -2.26. The zero-order valence-electron chi connectivity index (χ0n) is 24.4. The van der Waals surface area contributed by atoms with Gasteiger partial charge in [0.05, 0.1) is 27.8 Å². The second-order valence-corrected chi connectivity index (χ2v) is 9.67. The van der Waals surface area contributed by atoms with Crippen molar-refractivity contribution in [2.75, 3.05) is 23.4 Å². The molecule has 0 aliphatic rings. The van der Waals surface area contributed by atoms with Crippen LogP contribution in [0.2, 0.25) is 0 Å². The van der Waals surface area contributed by atoms with E-state index in [0.29, 0.717) is 41.1 Å². The van der Waals surface area contributed by atoms with Gasteiger partial charge in [-0.1, -0.05) is 37.3 Å². The third kappa shape index (κ3) is 6.75. The van der Waals surface area contributed by atoms with Crippen LogP contribution in [0, 0.1) is 18.3 Å². The van der Waals surface area contributed by atoms with Crippen LogP contribution in [0.3, 0.4) is 0 Å². The molecule has 3 aromatic heterocycles. The summed E-state index contributed by atoms with van der Waals surface area (Å²) in [6.45, 7) is 4.08. The lowest BCUT2D eigenvalue weighted by molar-refractivity contribution is 0.0705. The highest BCUT2D eigenvalue weighted by Crippen LogP contribution is 2.20. The molecule has 5 rings (SSSR count). The summed E-state index contributed by atoms with van der Waals surface area (Å²) in [6.07, 6.45) is 4.21. The van der Waals surface area contributed by atoms with Crippen molar-refractivity contribution in [3.05, 3.63) is 99.5 Å². The number of hydrogen-bond acceptors (Lipinski definition) is 12. The van der Waals surface area contributed by atoms with Crippen LogP contribution in [-0.2, 0) is 13.0 Å². The van der Waals surface area contributed by atoms with E-state index >= 15 is 0 Å². The minimum atomic E-state index is -0.686. The fraction of sp³-hybridized carbons (Fsp3) is 0.200. The molecule has 0 radical (unpaired) electrons. The molecule has 2 aromatic carbocycles. The van der Waals surface area contributed by atoms with Gasteiger partial charge in [-0.05, 0) is 37.1 Å². The number of para-hydroxylation sites is 1. The first-order valence-corrected chi connectivity index (χ1v) is 13.5. The van der Waals surface area contributed by atoms with Crippen LogP contribution >= 0.6 is 0 Å². The molecule has 0 saturated carbocycles. The molecule has 14 nitrogen and oxygen atoms in total. The van der Waals surface area contributed by atoms with Crippen molar-refractivity contribution < 1.29 is 10.0 Å². The highest BCUT2D eigenvalue weighted by molar-refractivity contribution is 5.92. The summed E-state index contributed by atoms with van der Waals surface area (Å²) in [5.74, 6) is 0.651. The van der Waals surface area contributed by atoms with Crippen molar-refractivity contribution in [1.29, 1.82) is 5.26 Å². The van der Waals surface area contributed by atoms with Gasteiger partial charge in [0, 0.05) is 32.4 Å². The fourth-order valence-corrected chi connectivity index (χ4v) is 4.49. The molecule has 44 heavy (non-hydrogen) atoms. The van der Waals surface area contributed by atoms with E-state index in [9.17, 15) is 9.59 Å². The van der Waals surface area contributed by atoms with Crippen molar-refractivity contribution >= 4 is 34.5 Å². The van der Waals surface area contributed by atoms with Gasteiger partial charge in [-0.2, -0.15) is 10.2 Å². The smallest absolute Gasteiger partial charge is 0.277 e. The number of rotatable bonds is 7. The van der Waals surface area contributed by atoms with Gasteiger partial charge in [0.2, 0.25) is 11.9 Å². The number of aromatic nitrogens is 6. The number of carbonyl (C=O) groups excluding carboxylic acids is 1. The lowest BCUT2D eigenvalue weighted by atomic mass is 10.1. The Morgan fingerprint density at radius 3 is 2.39 bits per heavy atom. The maximum atomic E-state index is 13.7. The van der Waals surface area contributed by atoms with Crippen LogP contribution in [0.5, 0.6) is 0 Å². The van der Waals surface area contributed by atoms with Crippen LogP contribution < -0.4 is 27.4 Å². The van der Waals surface area contributed by atoms with Gasteiger partial charge in [0.1, 0.15) is 23.3 Å². The second kappa shape index (κ2) is 13.8. The van der Waals surface area contributed by atoms with E-state index in [-0.39, 0.29) is 22.9 Å². The number of hydroxylamine groups is 1. The van der Waals surface area contributed by atoms with Crippen molar-refractivity contribution in [1.82, 2.24) is 35.0 Å². The Morgan fingerprint density at radius 2 is 1.77 bits per heavy atom. The van der Waals surface area contributed by atoms with Crippen LogP contribution in [-0.4, -0.2) is 47.6 Å². The first kappa shape index (κ1) is 31.0. The van der Waals surface area contributed by atoms with Gasteiger partial charge >= 0.3 is 0 Å². The number of hydrogen-bond donors (Lipinski definition) is 4. The SMILES string of the molecule is CCCc1nc2cccc(CN(C)c3ncc(C(=O)NO)cn3)c2c(=O)n1-c1ccccc1.Cc1nc(N)nc(N)c1C#N. The molecule has 0 atom stereocenters. The van der Waals surface area contributed by atoms with Crippen molar-refractivity contribution in [3.63, 3.8) is 0 Å². The van der Waals surface area contributed by atoms with Gasteiger partial charge in [-0.3, -0.25) is 19.4 Å². The number of nitrogen functional groups attached to an aromatic ring is 2. The molecular formula is C30H31N11O3. The third-order valence-corrected chi connectivity index (χ3v) is 6.54. The Morgan fingerprint density at radius 1 is 1.07 bits per heavy atom. The van der Waals surface area contributed by atoms with Crippen molar-refractivity contribution in [3.8, 4) is 11.8 Å². The van der Waals surface area contributed by atoms with Gasteiger partial charge in [-0.15, -0.1) is 0 Å². The van der Waals surface area contributed by atoms with E-state index in [0.717, 1.165) is 23.5 Å². The predicted octanol–water partition coefficient (Wildman–Crippen LogP) is 2.70. The van der Waals surface area contributed by atoms with Gasteiger partial charge in [0.15, 0.2) is 0 Å². The number of anilines is 3. The van der Waals surface area contributed by atoms with Crippen LogP contribution in [0.15, 0.2) is 65.7 Å². The minimum Gasteiger partial charge on any atom is -0.382 e. The molecule has 0 saturated heterocycles. The molecule has 6 N–H and O–H groups in total. The largest absolute Gasteiger partial charge is 0.382 e. The van der Waals surface area contributed by atoms with E-state index in [1.165, 1.54) is 12.4 Å². The number of nitrogens with one attached hydrogen (secondary N) is 1. The van der Waals surface area contributed by atoms with Gasteiger partial charge in [-0.25, -0.2) is 25.4 Å². The number of carbonyl (C=O) groups is 1. The zero-order chi connectivity index (χ0) is 31.8. The number of aryl methyl sites for hydroxylation is 2. The first-order chi connectivity index (χ1) is 21.2. The van der Waals surface area contributed by atoms with E-state index in [1.807, 2.05) is 54.6 Å². The molecule has 0 aliphatic carbocycles. The summed E-state index contributed by atoms with van der Waals surface area (Å²) in [7, 11) is 1.80. The minimum absolute atomic E-state index is 0.0963. The van der Waals surface area contributed by atoms with Crippen LogP contribution in [0.4, 0.5) is 17.7 Å². The topological polar surface area (TPSA) is 215 Å². The van der Waals surface area contributed by atoms with Crippen molar-refractivity contribution in [2.24, 2.45) is 0 Å². The molecule has 0 fully saturated rings. The second-order valence-electron chi connectivity index (χ2n) is 9.67. The number of fused-ring (bicyclic) bond motifs is 1. The molecule has 0 spiro atoms. The maximum absolute atomic E-state index is 13.7. The maximum Gasteiger partial charge on any atom is 0.277 e. The Kier molecular flexibility index (Phi) is 9.74. The molecule has 0 aliphatic heterocycles. The van der Waals surface area contributed by atoms with E-state index < -0.39 is 5.91 Å². The average Bonchev–Trinajstić information content (AvgIpc) is 3.01. The van der Waals surface area contributed by atoms with E-state index in [4.69, 9.17) is 26.9 Å². The summed E-state index contributed by atoms with van der Waals surface area (Å²) >= 11 is 0. The monoisotopic (exact) mass is 593 g/mol. The standard InChI is InChI=1S/C24H24N6O3.C6H7N5/c1-3-8-20-27-19-12-7-9-16(21(19)23(32)30(20)18-10-5-4-6-11-18)15-29(2)24-25-13-17(14-26-24)22(31)28-33;1-3-4(2-7)5(8)11-6(9)10-3/h4-7,9-14,33H,3,8,15H2,1-2H3,(H,28,31);1H3,(H4,8,9,10,11). The number of benzene rings is 2. The summed E-state index contributed by atoms with van der Waals surface area (Å²) in [4.78, 5) is 47.6. The molecule has 0 unspecified atom stereocenters. The number of nitrogens with two attached hydrogens (primary N) is 2. The molecule has 5 aromatic rings. The Labute approximate surface area is 252 Å². The molecule has 1 amide bonds. The average molecular weight is 594 g/mol. The summed E-state index contributed by atoms with van der Waals surface area (Å²) < 4.78 is 1.69. The molecule has 0 bridgehead atoms. The number of amides is 1.